The summed E-state index contributed by atoms with van der Waals surface area (Å²) in [6.45, 7) is 3.63. The predicted octanol–water partition coefficient (Wildman–Crippen LogP) is 11.7. The van der Waals surface area contributed by atoms with Crippen molar-refractivity contribution in [2.24, 2.45) is 0 Å². The van der Waals surface area contributed by atoms with Crippen LogP contribution in [0.5, 0.6) is 0 Å². The van der Waals surface area contributed by atoms with Crippen molar-refractivity contribution in [2.75, 3.05) is 13.2 Å². The van der Waals surface area contributed by atoms with Gasteiger partial charge < -0.3 is 45.4 Å². The maximum Gasteiger partial charge on any atom is 0.220 e. The van der Waals surface area contributed by atoms with Crippen LogP contribution in [0.2, 0.25) is 0 Å². The van der Waals surface area contributed by atoms with E-state index in [9.17, 15) is 35.4 Å². The minimum atomic E-state index is -1.60. The van der Waals surface area contributed by atoms with Crippen molar-refractivity contribution in [3.05, 3.63) is 0 Å². The van der Waals surface area contributed by atoms with Crippen LogP contribution in [0.3, 0.4) is 0 Å². The first-order valence-corrected chi connectivity index (χ1v) is 27.3. The molecule has 1 saturated heterocycles. The maximum absolute atomic E-state index is 13.1. The van der Waals surface area contributed by atoms with Crippen molar-refractivity contribution in [2.45, 2.75) is 320 Å². The lowest BCUT2D eigenvalue weighted by Gasteiger charge is -2.40. The van der Waals surface area contributed by atoms with Crippen molar-refractivity contribution in [3.63, 3.8) is 0 Å². The summed E-state index contributed by atoms with van der Waals surface area (Å²) in [5.74, 6) is -0.252. The van der Waals surface area contributed by atoms with E-state index in [1.165, 1.54) is 205 Å². The zero-order valence-electron chi connectivity index (χ0n) is 41.2. The Balaban J connectivity index is 2.21. The monoisotopic (exact) mass is 900 g/mol. The number of rotatable bonds is 47. The average Bonchev–Trinajstić information content (AvgIpc) is 3.28. The lowest BCUT2D eigenvalue weighted by atomic mass is 9.98. The Morgan fingerprint density at radius 3 is 1.17 bits per heavy atom. The Labute approximate surface area is 387 Å². The quantitative estimate of drug-likeness (QED) is 0.0294. The van der Waals surface area contributed by atoms with E-state index in [2.05, 4.69) is 19.2 Å². The number of carbonyl (C=O) groups excluding carboxylic acids is 1. The van der Waals surface area contributed by atoms with Crippen molar-refractivity contribution >= 4 is 5.91 Å². The van der Waals surface area contributed by atoms with E-state index in [-0.39, 0.29) is 18.9 Å². The van der Waals surface area contributed by atoms with Crippen molar-refractivity contribution in [3.8, 4) is 0 Å². The number of amides is 1. The molecule has 63 heavy (non-hydrogen) atoms. The molecule has 0 aromatic carbocycles. The Morgan fingerprint density at radius 1 is 0.492 bits per heavy atom. The summed E-state index contributed by atoms with van der Waals surface area (Å²) in [6.07, 6.45) is 39.9. The molecule has 0 saturated carbocycles. The molecule has 10 heteroatoms. The highest BCUT2D eigenvalue weighted by Crippen LogP contribution is 2.23. The lowest BCUT2D eigenvalue weighted by Crippen LogP contribution is -2.60. The van der Waals surface area contributed by atoms with E-state index < -0.39 is 55.6 Å². The van der Waals surface area contributed by atoms with E-state index in [0.717, 1.165) is 38.5 Å². The molecule has 1 rings (SSSR count). The fourth-order valence-electron chi connectivity index (χ4n) is 9.14. The van der Waals surface area contributed by atoms with Gasteiger partial charge in [0.1, 0.15) is 30.5 Å². The molecule has 0 radical (unpaired) electrons. The Morgan fingerprint density at radius 2 is 0.825 bits per heavy atom. The number of aliphatic hydroxyl groups is 6. The first-order valence-electron chi connectivity index (χ1n) is 27.3. The molecule has 7 N–H and O–H groups in total. The van der Waals surface area contributed by atoms with Gasteiger partial charge in [-0.15, -0.1) is 0 Å². The maximum atomic E-state index is 13.1. The van der Waals surface area contributed by atoms with Gasteiger partial charge in [-0.2, -0.15) is 0 Å². The number of carbonyl (C=O) groups is 1. The van der Waals surface area contributed by atoms with Crippen LogP contribution in [-0.2, 0) is 14.3 Å². The molecule has 1 fully saturated rings. The highest BCUT2D eigenvalue weighted by Gasteiger charge is 2.44. The summed E-state index contributed by atoms with van der Waals surface area (Å²) >= 11 is 0. The first-order chi connectivity index (χ1) is 30.8. The molecular formula is C53H105NO9. The molecule has 1 aliphatic heterocycles. The summed E-state index contributed by atoms with van der Waals surface area (Å²) in [5.41, 5.74) is 0. The van der Waals surface area contributed by atoms with Crippen LogP contribution in [0.15, 0.2) is 0 Å². The van der Waals surface area contributed by atoms with Crippen molar-refractivity contribution < 1.29 is 44.9 Å². The topological polar surface area (TPSA) is 169 Å². The average molecular weight is 900 g/mol. The van der Waals surface area contributed by atoms with E-state index >= 15 is 0 Å². The predicted molar refractivity (Wildman–Crippen MR) is 260 cm³/mol. The third kappa shape index (κ3) is 33.3. The summed E-state index contributed by atoms with van der Waals surface area (Å²) in [7, 11) is 0. The summed E-state index contributed by atoms with van der Waals surface area (Å²) in [5, 5.41) is 65.3. The summed E-state index contributed by atoms with van der Waals surface area (Å²) in [6, 6.07) is -0.985. The third-order valence-electron chi connectivity index (χ3n) is 13.6. The fourth-order valence-corrected chi connectivity index (χ4v) is 9.14. The number of unbranched alkanes of at least 4 members (excludes halogenated alkanes) is 36. The number of aliphatic hydroxyl groups excluding tert-OH is 6. The largest absolute Gasteiger partial charge is 0.394 e. The Hall–Kier alpha value is -0.850. The first kappa shape index (κ1) is 60.2. The standard InChI is InChI=1S/C53H105NO9/c1-3-5-7-9-11-13-15-17-18-19-20-21-22-23-24-25-26-27-28-29-30-32-34-36-38-40-42-48(57)54-45(44-62-53-52(61)51(60)50(59)47(43-55)63-53)49(58)46(56)41-39-37-35-33-31-16-14-12-10-8-6-4-2/h45-47,49-53,55-56,58-61H,3-44H2,1-2H3,(H,54,57)/t45-,46+,47+,49-,50+,51?,52?,53+/m0/s1. The molecule has 1 amide bonds. The third-order valence-corrected chi connectivity index (χ3v) is 13.6. The fraction of sp³-hybridized carbons (Fsp3) is 0.981. The van der Waals surface area contributed by atoms with Gasteiger partial charge >= 0.3 is 0 Å². The van der Waals surface area contributed by atoms with Crippen LogP contribution >= 0.6 is 0 Å². The summed E-state index contributed by atoms with van der Waals surface area (Å²) < 4.78 is 11.2. The summed E-state index contributed by atoms with van der Waals surface area (Å²) in [4.78, 5) is 13.1. The number of ether oxygens (including phenoxy) is 2. The smallest absolute Gasteiger partial charge is 0.220 e. The zero-order chi connectivity index (χ0) is 46.0. The van der Waals surface area contributed by atoms with E-state index in [1.54, 1.807) is 0 Å². The lowest BCUT2D eigenvalue weighted by molar-refractivity contribution is -0.303. The SMILES string of the molecule is CCCCCCCCCCCCCCCCCCCCCCCCCCCCC(=O)N[C@@H](CO[C@@H]1O[C@H](CO)[C@@H](O)C(O)C1O)[C@H](O)[C@H](O)CCCCCCCCCCCCCC. The second kappa shape index (κ2) is 43.7. The Bertz CT molecular complexity index is 973. The van der Waals surface area contributed by atoms with Crippen LogP contribution in [0.1, 0.15) is 271 Å². The minimum Gasteiger partial charge on any atom is -0.394 e. The Kier molecular flexibility index (Phi) is 41.7. The van der Waals surface area contributed by atoms with Gasteiger partial charge in [-0.3, -0.25) is 4.79 Å². The van der Waals surface area contributed by atoms with Crippen molar-refractivity contribution in [1.29, 1.82) is 0 Å². The zero-order valence-corrected chi connectivity index (χ0v) is 41.2. The van der Waals surface area contributed by atoms with Gasteiger partial charge in [0, 0.05) is 6.42 Å². The molecule has 2 unspecified atom stereocenters. The van der Waals surface area contributed by atoms with Gasteiger partial charge in [-0.05, 0) is 12.8 Å². The van der Waals surface area contributed by atoms with Crippen LogP contribution in [0, 0.1) is 0 Å². The molecule has 0 aromatic rings. The second-order valence-electron chi connectivity index (χ2n) is 19.5. The van der Waals surface area contributed by atoms with Gasteiger partial charge in [-0.1, -0.05) is 251 Å². The van der Waals surface area contributed by atoms with Crippen LogP contribution in [0.4, 0.5) is 0 Å². The molecular weight excluding hydrogens is 795 g/mol. The molecule has 0 aromatic heterocycles. The van der Waals surface area contributed by atoms with Crippen LogP contribution < -0.4 is 5.32 Å². The van der Waals surface area contributed by atoms with Gasteiger partial charge in [-0.25, -0.2) is 0 Å². The molecule has 0 bridgehead atoms. The van der Waals surface area contributed by atoms with Gasteiger partial charge in [0.2, 0.25) is 5.91 Å². The van der Waals surface area contributed by atoms with E-state index in [4.69, 9.17) is 9.47 Å². The van der Waals surface area contributed by atoms with Gasteiger partial charge in [0.15, 0.2) is 6.29 Å². The highest BCUT2D eigenvalue weighted by atomic mass is 16.7. The number of nitrogens with one attached hydrogen (secondary N) is 1. The van der Waals surface area contributed by atoms with E-state index in [1.807, 2.05) is 0 Å². The van der Waals surface area contributed by atoms with Gasteiger partial charge in [0.25, 0.3) is 0 Å². The molecule has 1 heterocycles. The number of hydrogen-bond donors (Lipinski definition) is 7. The molecule has 8 atom stereocenters. The normalized spacial score (nSPS) is 20.5. The molecule has 10 nitrogen and oxygen atoms in total. The molecule has 1 aliphatic rings. The minimum absolute atomic E-state index is 0.252. The molecule has 376 valence electrons. The highest BCUT2D eigenvalue weighted by molar-refractivity contribution is 5.76. The van der Waals surface area contributed by atoms with E-state index in [0.29, 0.717) is 6.42 Å². The molecule has 0 aliphatic carbocycles. The van der Waals surface area contributed by atoms with Crippen LogP contribution in [0.25, 0.3) is 0 Å². The van der Waals surface area contributed by atoms with Gasteiger partial charge in [0.05, 0.1) is 25.4 Å². The van der Waals surface area contributed by atoms with Crippen LogP contribution in [-0.4, -0.2) is 98.7 Å². The molecule has 0 spiro atoms. The second-order valence-corrected chi connectivity index (χ2v) is 19.5. The number of hydrogen-bond acceptors (Lipinski definition) is 9. The van der Waals surface area contributed by atoms with Crippen molar-refractivity contribution in [1.82, 2.24) is 5.32 Å².